The van der Waals surface area contributed by atoms with Gasteiger partial charge in [0.1, 0.15) is 0 Å². The molecule has 0 aromatic heterocycles. The van der Waals surface area contributed by atoms with E-state index in [0.717, 1.165) is 15.4 Å². The Morgan fingerprint density at radius 3 is 2.06 bits per heavy atom. The van der Waals surface area contributed by atoms with Crippen molar-refractivity contribution in [3.8, 4) is 0 Å². The third-order valence-corrected chi connectivity index (χ3v) is 3.45. The van der Waals surface area contributed by atoms with Gasteiger partial charge in [0.05, 0.1) is 0 Å². The molecule has 0 heterocycles. The molecule has 2 rings (SSSR count). The van der Waals surface area contributed by atoms with Gasteiger partial charge in [0.2, 0.25) is 0 Å². The maximum atomic E-state index is 11.3. The summed E-state index contributed by atoms with van der Waals surface area (Å²) >= 11 is 1.61. The van der Waals surface area contributed by atoms with E-state index in [0.29, 0.717) is 0 Å². The van der Waals surface area contributed by atoms with Crippen molar-refractivity contribution < 1.29 is 4.79 Å². The quantitative estimate of drug-likeness (QED) is 0.594. The van der Waals surface area contributed by atoms with Crippen LogP contribution in [0, 0.1) is 0 Å². The number of hydrogen-bond acceptors (Lipinski definition) is 2. The molecule has 0 unspecified atom stereocenters. The molecule has 0 saturated heterocycles. The maximum absolute atomic E-state index is 11.3. The first-order chi connectivity index (χ1) is 8.75. The van der Waals surface area contributed by atoms with Crippen LogP contribution in [0.5, 0.6) is 0 Å². The first-order valence-electron chi connectivity index (χ1n) is 5.76. The zero-order valence-corrected chi connectivity index (χ0v) is 11.0. The van der Waals surface area contributed by atoms with Gasteiger partial charge in [-0.05, 0) is 30.7 Å². The number of thioether (sulfide) groups is 1. The summed E-state index contributed by atoms with van der Waals surface area (Å²) in [5, 5.41) is 0. The summed E-state index contributed by atoms with van der Waals surface area (Å²) in [5.74, 6) is 0.0669. The van der Waals surface area contributed by atoms with Crippen molar-refractivity contribution in [3.05, 3.63) is 72.3 Å². The Labute approximate surface area is 112 Å². The molecule has 2 aromatic carbocycles. The second-order valence-electron chi connectivity index (χ2n) is 3.90. The largest absolute Gasteiger partial charge is 0.295 e. The highest BCUT2D eigenvalue weighted by atomic mass is 32.2. The summed E-state index contributed by atoms with van der Waals surface area (Å²) in [5.41, 5.74) is 1.07. The van der Waals surface area contributed by atoms with Gasteiger partial charge in [0.25, 0.3) is 0 Å². The first kappa shape index (κ1) is 12.7. The van der Waals surface area contributed by atoms with E-state index in [4.69, 9.17) is 0 Å². The van der Waals surface area contributed by atoms with E-state index in [1.165, 1.54) is 0 Å². The number of ketones is 1. The molecular formula is C16H14OS. The lowest BCUT2D eigenvalue weighted by Gasteiger charge is -2.06. The fourth-order valence-corrected chi connectivity index (χ4v) is 2.60. The molecule has 2 aromatic rings. The predicted octanol–water partition coefficient (Wildman–Crippen LogP) is 4.41. The molecule has 2 heteroatoms. The number of benzene rings is 2. The van der Waals surface area contributed by atoms with Crippen LogP contribution in [0.25, 0.3) is 4.91 Å². The number of rotatable bonds is 4. The lowest BCUT2D eigenvalue weighted by atomic mass is 10.2. The smallest absolute Gasteiger partial charge is 0.153 e. The summed E-state index contributed by atoms with van der Waals surface area (Å²) in [6, 6.07) is 20.0. The highest BCUT2D eigenvalue weighted by Gasteiger charge is 2.04. The van der Waals surface area contributed by atoms with Crippen molar-refractivity contribution in [2.75, 3.05) is 0 Å². The minimum atomic E-state index is 0.0669. The Kier molecular flexibility index (Phi) is 4.37. The molecule has 90 valence electrons. The van der Waals surface area contributed by atoms with E-state index in [1.807, 2.05) is 60.7 Å². The molecule has 0 atom stereocenters. The molecule has 18 heavy (non-hydrogen) atoms. The molecular weight excluding hydrogens is 240 g/mol. The van der Waals surface area contributed by atoms with Crippen LogP contribution in [0.3, 0.4) is 0 Å². The zero-order chi connectivity index (χ0) is 12.8. The van der Waals surface area contributed by atoms with E-state index in [2.05, 4.69) is 0 Å². The van der Waals surface area contributed by atoms with Crippen LogP contribution in [-0.4, -0.2) is 5.78 Å². The van der Waals surface area contributed by atoms with E-state index < -0.39 is 0 Å². The van der Waals surface area contributed by atoms with Crippen molar-refractivity contribution in [3.63, 3.8) is 0 Å². The van der Waals surface area contributed by atoms with E-state index in [-0.39, 0.29) is 5.78 Å². The summed E-state index contributed by atoms with van der Waals surface area (Å²) in [4.78, 5) is 13.4. The van der Waals surface area contributed by atoms with Gasteiger partial charge < -0.3 is 0 Å². The average Bonchev–Trinajstić information content (AvgIpc) is 2.40. The lowest BCUT2D eigenvalue weighted by molar-refractivity contribution is -0.112. The van der Waals surface area contributed by atoms with Gasteiger partial charge in [0.15, 0.2) is 5.78 Å². The fraction of sp³-hybridized carbons (Fsp3) is 0.0625. The Hall–Kier alpha value is -1.80. The van der Waals surface area contributed by atoms with Gasteiger partial charge in [-0.3, -0.25) is 4.79 Å². The highest BCUT2D eigenvalue weighted by Crippen LogP contribution is 2.33. The second-order valence-corrected chi connectivity index (χ2v) is 5.02. The Morgan fingerprint density at radius 2 is 1.50 bits per heavy atom. The third kappa shape index (κ3) is 3.60. The topological polar surface area (TPSA) is 17.1 Å². The molecule has 0 aliphatic carbocycles. The van der Waals surface area contributed by atoms with Crippen LogP contribution in [0.2, 0.25) is 0 Å². The van der Waals surface area contributed by atoms with Crippen LogP contribution in [0.15, 0.2) is 71.6 Å². The lowest BCUT2D eigenvalue weighted by Crippen LogP contribution is -1.86. The predicted molar refractivity (Wildman–Crippen MR) is 77.4 cm³/mol. The van der Waals surface area contributed by atoms with Gasteiger partial charge >= 0.3 is 0 Å². The minimum absolute atomic E-state index is 0.0669. The molecule has 0 aliphatic rings. The molecule has 0 aliphatic heterocycles. The van der Waals surface area contributed by atoms with E-state index in [1.54, 1.807) is 24.8 Å². The number of carbonyl (C=O) groups excluding carboxylic acids is 1. The molecule has 0 N–H and O–H groups in total. The second kappa shape index (κ2) is 6.22. The SMILES string of the molecule is CC(=O)/C=C(/Sc1ccccc1)c1ccccc1. The molecule has 0 saturated carbocycles. The third-order valence-electron chi connectivity index (χ3n) is 2.36. The monoisotopic (exact) mass is 254 g/mol. The first-order valence-corrected chi connectivity index (χ1v) is 6.58. The number of carbonyl (C=O) groups is 1. The van der Waals surface area contributed by atoms with Crippen LogP contribution >= 0.6 is 11.8 Å². The molecule has 0 spiro atoms. The number of hydrogen-bond donors (Lipinski definition) is 0. The standard InChI is InChI=1S/C16H14OS/c1-13(17)12-16(14-8-4-2-5-9-14)18-15-10-6-3-7-11-15/h2-12H,1H3/b16-12+. The Morgan fingerprint density at radius 1 is 0.944 bits per heavy atom. The van der Waals surface area contributed by atoms with Crippen molar-refractivity contribution in [1.29, 1.82) is 0 Å². The molecule has 0 bridgehead atoms. The Bertz CT molecular complexity index is 544. The summed E-state index contributed by atoms with van der Waals surface area (Å²) in [6.45, 7) is 1.58. The van der Waals surface area contributed by atoms with Crippen molar-refractivity contribution in [1.82, 2.24) is 0 Å². The summed E-state index contributed by atoms with van der Waals surface area (Å²) in [6.07, 6.45) is 1.69. The Balaban J connectivity index is 2.31. The van der Waals surface area contributed by atoms with E-state index in [9.17, 15) is 4.79 Å². The van der Waals surface area contributed by atoms with Gasteiger partial charge in [-0.15, -0.1) is 0 Å². The fourth-order valence-electron chi connectivity index (χ4n) is 1.57. The molecule has 1 nitrogen and oxygen atoms in total. The van der Waals surface area contributed by atoms with Crippen molar-refractivity contribution >= 4 is 22.5 Å². The van der Waals surface area contributed by atoms with Crippen molar-refractivity contribution in [2.45, 2.75) is 11.8 Å². The highest BCUT2D eigenvalue weighted by molar-refractivity contribution is 8.08. The van der Waals surface area contributed by atoms with Gasteiger partial charge in [0, 0.05) is 9.80 Å². The molecule has 0 fully saturated rings. The molecule has 0 amide bonds. The number of allylic oxidation sites excluding steroid dienone is 1. The van der Waals surface area contributed by atoms with Gasteiger partial charge in [-0.25, -0.2) is 0 Å². The average molecular weight is 254 g/mol. The van der Waals surface area contributed by atoms with Gasteiger partial charge in [-0.1, -0.05) is 60.3 Å². The van der Waals surface area contributed by atoms with Crippen molar-refractivity contribution in [2.24, 2.45) is 0 Å². The molecule has 0 radical (unpaired) electrons. The normalized spacial score (nSPS) is 11.3. The van der Waals surface area contributed by atoms with Crippen LogP contribution in [0.1, 0.15) is 12.5 Å². The maximum Gasteiger partial charge on any atom is 0.153 e. The van der Waals surface area contributed by atoms with E-state index >= 15 is 0 Å². The van der Waals surface area contributed by atoms with Crippen LogP contribution in [0.4, 0.5) is 0 Å². The van der Waals surface area contributed by atoms with Gasteiger partial charge in [-0.2, -0.15) is 0 Å². The summed E-state index contributed by atoms with van der Waals surface area (Å²) < 4.78 is 0. The van der Waals surface area contributed by atoms with Crippen LogP contribution < -0.4 is 0 Å². The zero-order valence-electron chi connectivity index (χ0n) is 10.2. The minimum Gasteiger partial charge on any atom is -0.295 e. The van der Waals surface area contributed by atoms with Crippen LogP contribution in [-0.2, 0) is 4.79 Å². The summed E-state index contributed by atoms with van der Waals surface area (Å²) in [7, 11) is 0.